The molecule has 2 heterocycles. The highest BCUT2D eigenvalue weighted by Gasteiger charge is 2.21. The molecule has 1 aromatic rings. The van der Waals surface area contributed by atoms with Crippen molar-refractivity contribution in [1.82, 2.24) is 4.98 Å². The normalized spacial score (nSPS) is 15.6. The fraction of sp³-hybridized carbons (Fsp3) is 0.583. The van der Waals surface area contributed by atoms with E-state index in [9.17, 15) is 10.1 Å². The van der Waals surface area contributed by atoms with E-state index in [0.29, 0.717) is 19.0 Å². The zero-order valence-corrected chi connectivity index (χ0v) is 11.0. The van der Waals surface area contributed by atoms with E-state index in [-0.39, 0.29) is 17.7 Å². The Kier molecular flexibility index (Phi) is 4.16. The van der Waals surface area contributed by atoms with Crippen LogP contribution in [0.15, 0.2) is 12.1 Å². The van der Waals surface area contributed by atoms with Crippen molar-refractivity contribution in [3.05, 3.63) is 22.2 Å². The first-order valence-corrected chi connectivity index (χ1v) is 6.22. The molecule has 0 bridgehead atoms. The first-order valence-electron chi connectivity index (χ1n) is 6.22. The van der Waals surface area contributed by atoms with E-state index in [1.54, 1.807) is 6.07 Å². The van der Waals surface area contributed by atoms with Crippen molar-refractivity contribution in [2.45, 2.75) is 20.0 Å². The van der Waals surface area contributed by atoms with Crippen molar-refractivity contribution in [2.75, 3.05) is 31.2 Å². The molecule has 1 aromatic heterocycles. The van der Waals surface area contributed by atoms with Gasteiger partial charge in [-0.25, -0.2) is 0 Å². The molecule has 0 atom stereocenters. The van der Waals surface area contributed by atoms with E-state index < -0.39 is 4.92 Å². The molecule has 19 heavy (non-hydrogen) atoms. The lowest BCUT2D eigenvalue weighted by Crippen LogP contribution is -2.36. The van der Waals surface area contributed by atoms with Crippen LogP contribution in [-0.4, -0.2) is 42.3 Å². The smallest absolute Gasteiger partial charge is 0.331 e. The molecule has 1 aliphatic rings. The van der Waals surface area contributed by atoms with Crippen LogP contribution in [0.5, 0.6) is 5.88 Å². The molecule has 0 aliphatic carbocycles. The summed E-state index contributed by atoms with van der Waals surface area (Å²) in [4.78, 5) is 16.8. The van der Waals surface area contributed by atoms with Crippen molar-refractivity contribution >= 4 is 11.5 Å². The minimum Gasteiger partial charge on any atom is -0.470 e. The summed E-state index contributed by atoms with van der Waals surface area (Å²) < 4.78 is 10.7. The number of hydrogen-bond donors (Lipinski definition) is 0. The molecule has 1 fully saturated rings. The Morgan fingerprint density at radius 3 is 2.68 bits per heavy atom. The van der Waals surface area contributed by atoms with Crippen LogP contribution >= 0.6 is 0 Å². The third-order valence-corrected chi connectivity index (χ3v) is 2.70. The van der Waals surface area contributed by atoms with Gasteiger partial charge in [-0.15, -0.1) is 0 Å². The second-order valence-electron chi connectivity index (χ2n) is 4.52. The van der Waals surface area contributed by atoms with Gasteiger partial charge in [-0.2, -0.15) is 4.98 Å². The summed E-state index contributed by atoms with van der Waals surface area (Å²) >= 11 is 0. The van der Waals surface area contributed by atoms with Crippen LogP contribution in [0, 0.1) is 10.1 Å². The average Bonchev–Trinajstić information content (AvgIpc) is 2.38. The SMILES string of the molecule is CC(C)Oc1nc(N2CCOCC2)ccc1[N+](=O)[O-]. The van der Waals surface area contributed by atoms with Gasteiger partial charge >= 0.3 is 5.69 Å². The van der Waals surface area contributed by atoms with Crippen LogP contribution in [0.25, 0.3) is 0 Å². The summed E-state index contributed by atoms with van der Waals surface area (Å²) in [5.74, 6) is 0.758. The molecule has 0 spiro atoms. The van der Waals surface area contributed by atoms with Gasteiger partial charge < -0.3 is 14.4 Å². The minimum absolute atomic E-state index is 0.0731. The van der Waals surface area contributed by atoms with Crippen molar-refractivity contribution in [1.29, 1.82) is 0 Å². The largest absolute Gasteiger partial charge is 0.470 e. The van der Waals surface area contributed by atoms with Crippen molar-refractivity contribution in [3.8, 4) is 5.88 Å². The zero-order valence-electron chi connectivity index (χ0n) is 11.0. The Bertz CT molecular complexity index is 458. The van der Waals surface area contributed by atoms with Gasteiger partial charge in [0.25, 0.3) is 5.88 Å². The van der Waals surface area contributed by atoms with E-state index >= 15 is 0 Å². The molecule has 0 aromatic carbocycles. The monoisotopic (exact) mass is 267 g/mol. The number of morpholine rings is 1. The average molecular weight is 267 g/mol. The van der Waals surface area contributed by atoms with Crippen LogP contribution < -0.4 is 9.64 Å². The maximum Gasteiger partial charge on any atom is 0.331 e. The molecule has 104 valence electrons. The van der Waals surface area contributed by atoms with Crippen molar-refractivity contribution in [3.63, 3.8) is 0 Å². The zero-order chi connectivity index (χ0) is 13.8. The van der Waals surface area contributed by atoms with Crippen molar-refractivity contribution in [2.24, 2.45) is 0 Å². The van der Waals surface area contributed by atoms with Crippen LogP contribution in [0.1, 0.15) is 13.8 Å². The van der Waals surface area contributed by atoms with Gasteiger partial charge in [0.15, 0.2) is 0 Å². The van der Waals surface area contributed by atoms with Crippen LogP contribution in [-0.2, 0) is 4.74 Å². The number of ether oxygens (including phenoxy) is 2. The van der Waals surface area contributed by atoms with Gasteiger partial charge in [0.05, 0.1) is 24.2 Å². The molecule has 0 saturated carbocycles. The first-order chi connectivity index (χ1) is 9.08. The number of nitrogens with zero attached hydrogens (tertiary/aromatic N) is 3. The minimum atomic E-state index is -0.478. The molecular weight excluding hydrogens is 250 g/mol. The Morgan fingerprint density at radius 2 is 2.11 bits per heavy atom. The molecule has 0 N–H and O–H groups in total. The third-order valence-electron chi connectivity index (χ3n) is 2.70. The summed E-state index contributed by atoms with van der Waals surface area (Å²) in [6, 6.07) is 3.09. The van der Waals surface area contributed by atoms with Gasteiger partial charge in [0.1, 0.15) is 5.82 Å². The highest BCUT2D eigenvalue weighted by Crippen LogP contribution is 2.28. The van der Waals surface area contributed by atoms with Gasteiger partial charge in [-0.3, -0.25) is 10.1 Å². The van der Waals surface area contributed by atoms with Gasteiger partial charge in [0, 0.05) is 19.2 Å². The molecule has 7 heteroatoms. The number of rotatable bonds is 4. The highest BCUT2D eigenvalue weighted by molar-refractivity contribution is 5.50. The Labute approximate surface area is 111 Å². The standard InChI is InChI=1S/C12H17N3O4/c1-9(2)19-12-10(15(16)17)3-4-11(13-12)14-5-7-18-8-6-14/h3-4,9H,5-8H2,1-2H3. The first kappa shape index (κ1) is 13.5. The summed E-state index contributed by atoms with van der Waals surface area (Å²) in [5, 5.41) is 10.9. The van der Waals surface area contributed by atoms with Crippen LogP contribution in [0.4, 0.5) is 11.5 Å². The number of aromatic nitrogens is 1. The van der Waals surface area contributed by atoms with E-state index in [0.717, 1.165) is 13.1 Å². The fourth-order valence-corrected chi connectivity index (χ4v) is 1.84. The van der Waals surface area contributed by atoms with E-state index in [1.165, 1.54) is 6.07 Å². The summed E-state index contributed by atoms with van der Waals surface area (Å²) in [6.07, 6.45) is -0.161. The van der Waals surface area contributed by atoms with E-state index in [1.807, 2.05) is 18.7 Å². The second kappa shape index (κ2) is 5.83. The van der Waals surface area contributed by atoms with E-state index in [4.69, 9.17) is 9.47 Å². The molecule has 0 unspecified atom stereocenters. The lowest BCUT2D eigenvalue weighted by Gasteiger charge is -2.27. The van der Waals surface area contributed by atoms with Crippen molar-refractivity contribution < 1.29 is 14.4 Å². The third kappa shape index (κ3) is 3.31. The topological polar surface area (TPSA) is 77.7 Å². The number of anilines is 1. The van der Waals surface area contributed by atoms with Gasteiger partial charge in [-0.05, 0) is 19.9 Å². The Hall–Kier alpha value is -1.89. The second-order valence-corrected chi connectivity index (χ2v) is 4.52. The maximum atomic E-state index is 10.9. The maximum absolute atomic E-state index is 10.9. The highest BCUT2D eigenvalue weighted by atomic mass is 16.6. The predicted molar refractivity (Wildman–Crippen MR) is 69.7 cm³/mol. The van der Waals surface area contributed by atoms with E-state index in [2.05, 4.69) is 4.98 Å². The Balaban J connectivity index is 2.28. The summed E-state index contributed by atoms with van der Waals surface area (Å²) in [6.45, 7) is 6.36. The number of nitro groups is 1. The quantitative estimate of drug-likeness (QED) is 0.609. The number of pyridine rings is 1. The predicted octanol–water partition coefficient (Wildman–Crippen LogP) is 1.61. The molecule has 2 rings (SSSR count). The molecule has 1 aliphatic heterocycles. The lowest BCUT2D eigenvalue weighted by molar-refractivity contribution is -0.386. The fourth-order valence-electron chi connectivity index (χ4n) is 1.84. The molecule has 0 radical (unpaired) electrons. The number of hydrogen-bond acceptors (Lipinski definition) is 6. The molecule has 1 saturated heterocycles. The molecule has 0 amide bonds. The molecular formula is C12H17N3O4. The summed E-state index contributed by atoms with van der Waals surface area (Å²) in [5.41, 5.74) is -0.106. The summed E-state index contributed by atoms with van der Waals surface area (Å²) in [7, 11) is 0. The van der Waals surface area contributed by atoms with Crippen LogP contribution in [0.2, 0.25) is 0 Å². The van der Waals surface area contributed by atoms with Gasteiger partial charge in [0.2, 0.25) is 0 Å². The molecule has 7 nitrogen and oxygen atoms in total. The van der Waals surface area contributed by atoms with Crippen LogP contribution in [0.3, 0.4) is 0 Å². The van der Waals surface area contributed by atoms with Gasteiger partial charge in [-0.1, -0.05) is 0 Å². The lowest BCUT2D eigenvalue weighted by atomic mass is 10.3. The Morgan fingerprint density at radius 1 is 1.42 bits per heavy atom.